The molecule has 0 radical (unpaired) electrons. The molecule has 0 fully saturated rings. The van der Waals surface area contributed by atoms with Gasteiger partial charge in [0.25, 0.3) is 0 Å². The number of aliphatic hydroxyl groups is 1. The summed E-state index contributed by atoms with van der Waals surface area (Å²) in [6.45, 7) is 6.07. The summed E-state index contributed by atoms with van der Waals surface area (Å²) in [6.07, 6.45) is 1.26. The van der Waals surface area contributed by atoms with Gasteiger partial charge in [-0.3, -0.25) is 9.59 Å². The quantitative estimate of drug-likeness (QED) is 0.665. The predicted molar refractivity (Wildman–Crippen MR) is 69.0 cm³/mol. The lowest BCUT2D eigenvalue weighted by Crippen LogP contribution is -2.43. The van der Waals surface area contributed by atoms with Crippen LogP contribution in [0.2, 0.25) is 0 Å². The Balaban J connectivity index is 4.60. The topological polar surface area (TPSA) is 66.8 Å². The second-order valence-corrected chi connectivity index (χ2v) is 4.76. The number of esters is 1. The lowest BCUT2D eigenvalue weighted by atomic mass is 10.1. The van der Waals surface area contributed by atoms with E-state index >= 15 is 0 Å². The highest BCUT2D eigenvalue weighted by Gasteiger charge is 2.23. The van der Waals surface area contributed by atoms with E-state index in [1.807, 2.05) is 20.8 Å². The molecule has 0 saturated heterocycles. The van der Waals surface area contributed by atoms with E-state index in [1.54, 1.807) is 4.90 Å². The fraction of sp³-hybridized carbons (Fsp3) is 0.846. The monoisotopic (exact) mass is 259 g/mol. The minimum absolute atomic E-state index is 0.0187. The number of carbonyl (C=O) groups excluding carboxylic acids is 2. The maximum Gasteiger partial charge on any atom is 0.307 e. The fourth-order valence-corrected chi connectivity index (χ4v) is 1.74. The molecule has 1 amide bonds. The zero-order valence-corrected chi connectivity index (χ0v) is 11.8. The number of rotatable bonds is 8. The highest BCUT2D eigenvalue weighted by atomic mass is 16.5. The molecule has 5 heteroatoms. The van der Waals surface area contributed by atoms with Crippen LogP contribution < -0.4 is 0 Å². The fourth-order valence-electron chi connectivity index (χ4n) is 1.74. The van der Waals surface area contributed by atoms with Gasteiger partial charge in [0.15, 0.2) is 0 Å². The van der Waals surface area contributed by atoms with E-state index in [2.05, 4.69) is 4.74 Å². The van der Waals surface area contributed by atoms with Crippen molar-refractivity contribution in [3.05, 3.63) is 0 Å². The Kier molecular flexibility index (Phi) is 8.37. The van der Waals surface area contributed by atoms with Crippen LogP contribution in [-0.2, 0) is 14.3 Å². The van der Waals surface area contributed by atoms with Crippen LogP contribution >= 0.6 is 0 Å². The molecule has 0 rings (SSSR count). The molecular formula is C13H25NO4. The Labute approximate surface area is 109 Å². The molecule has 0 bridgehead atoms. The number of hydrogen-bond donors (Lipinski definition) is 1. The minimum Gasteiger partial charge on any atom is -0.469 e. The molecule has 0 aromatic heterocycles. The van der Waals surface area contributed by atoms with Gasteiger partial charge in [-0.1, -0.05) is 20.8 Å². The van der Waals surface area contributed by atoms with Gasteiger partial charge >= 0.3 is 5.97 Å². The molecule has 0 aromatic rings. The lowest BCUT2D eigenvalue weighted by Gasteiger charge is -2.30. The summed E-state index contributed by atoms with van der Waals surface area (Å²) in [6, 6.07) is -0.221. The van der Waals surface area contributed by atoms with E-state index < -0.39 is 0 Å². The molecule has 0 spiro atoms. The summed E-state index contributed by atoms with van der Waals surface area (Å²) < 4.78 is 4.57. The van der Waals surface area contributed by atoms with Crippen LogP contribution in [0.3, 0.4) is 0 Å². The predicted octanol–water partition coefficient (Wildman–Crippen LogP) is 1.20. The zero-order valence-electron chi connectivity index (χ0n) is 11.8. The second kappa shape index (κ2) is 8.91. The summed E-state index contributed by atoms with van der Waals surface area (Å²) in [5, 5.41) is 9.29. The average molecular weight is 259 g/mol. The lowest BCUT2D eigenvalue weighted by molar-refractivity contribution is -0.142. The van der Waals surface area contributed by atoms with Gasteiger partial charge < -0.3 is 14.7 Å². The highest BCUT2D eigenvalue weighted by Crippen LogP contribution is 2.11. The molecule has 1 N–H and O–H groups in total. The van der Waals surface area contributed by atoms with E-state index in [-0.39, 0.29) is 36.9 Å². The third-order valence-electron chi connectivity index (χ3n) is 2.81. The Bertz CT molecular complexity index is 262. The van der Waals surface area contributed by atoms with Crippen molar-refractivity contribution < 1.29 is 19.4 Å². The van der Waals surface area contributed by atoms with Gasteiger partial charge in [-0.25, -0.2) is 0 Å². The van der Waals surface area contributed by atoms with Crippen LogP contribution in [0.15, 0.2) is 0 Å². The number of carbonyl (C=O) groups is 2. The number of hydrogen-bond acceptors (Lipinski definition) is 4. The molecule has 1 atom stereocenters. The third kappa shape index (κ3) is 6.00. The maximum atomic E-state index is 12.1. The zero-order chi connectivity index (χ0) is 14.1. The molecule has 0 aliphatic carbocycles. The van der Waals surface area contributed by atoms with Crippen LogP contribution in [0.25, 0.3) is 0 Å². The van der Waals surface area contributed by atoms with Gasteiger partial charge in [0.1, 0.15) is 0 Å². The molecule has 18 heavy (non-hydrogen) atoms. The Morgan fingerprint density at radius 3 is 2.33 bits per heavy atom. The standard InChI is InChI=1S/C13H25NO4/c1-5-11(9-15)14(7-6-13(17)18-4)12(16)8-10(2)3/h10-11,15H,5-9H2,1-4H3. The second-order valence-electron chi connectivity index (χ2n) is 4.76. The van der Waals surface area contributed by atoms with Crippen molar-refractivity contribution in [3.63, 3.8) is 0 Å². The van der Waals surface area contributed by atoms with E-state index in [1.165, 1.54) is 7.11 Å². The van der Waals surface area contributed by atoms with Gasteiger partial charge in [0.05, 0.1) is 26.2 Å². The molecule has 5 nitrogen and oxygen atoms in total. The Hall–Kier alpha value is -1.10. The molecule has 0 saturated carbocycles. The molecule has 106 valence electrons. The molecule has 0 heterocycles. The molecule has 0 aliphatic rings. The Morgan fingerprint density at radius 1 is 1.33 bits per heavy atom. The van der Waals surface area contributed by atoms with E-state index in [9.17, 15) is 14.7 Å². The van der Waals surface area contributed by atoms with Crippen LogP contribution in [0.1, 0.15) is 40.0 Å². The van der Waals surface area contributed by atoms with Crippen molar-refractivity contribution in [2.45, 2.75) is 46.1 Å². The number of aliphatic hydroxyl groups excluding tert-OH is 1. The van der Waals surface area contributed by atoms with E-state index in [0.717, 1.165) is 0 Å². The van der Waals surface area contributed by atoms with Crippen molar-refractivity contribution in [1.82, 2.24) is 4.90 Å². The first kappa shape index (κ1) is 16.9. The summed E-state index contributed by atoms with van der Waals surface area (Å²) in [4.78, 5) is 24.8. The summed E-state index contributed by atoms with van der Waals surface area (Å²) in [5.74, 6) is -0.103. The third-order valence-corrected chi connectivity index (χ3v) is 2.81. The minimum atomic E-state index is -0.342. The number of ether oxygens (including phenoxy) is 1. The first-order valence-electron chi connectivity index (χ1n) is 6.43. The smallest absolute Gasteiger partial charge is 0.307 e. The van der Waals surface area contributed by atoms with Crippen LogP contribution in [0, 0.1) is 5.92 Å². The first-order valence-corrected chi connectivity index (χ1v) is 6.43. The van der Waals surface area contributed by atoms with Crippen LogP contribution in [0.4, 0.5) is 0 Å². The van der Waals surface area contributed by atoms with Crippen LogP contribution in [0.5, 0.6) is 0 Å². The molecular weight excluding hydrogens is 234 g/mol. The molecule has 0 aliphatic heterocycles. The van der Waals surface area contributed by atoms with Crippen molar-refractivity contribution >= 4 is 11.9 Å². The Morgan fingerprint density at radius 2 is 1.94 bits per heavy atom. The summed E-state index contributed by atoms with van der Waals surface area (Å²) in [7, 11) is 1.33. The van der Waals surface area contributed by atoms with E-state index in [0.29, 0.717) is 19.4 Å². The first-order chi connectivity index (χ1) is 8.46. The normalized spacial score (nSPS) is 12.3. The summed E-state index contributed by atoms with van der Waals surface area (Å²) in [5.41, 5.74) is 0. The number of nitrogens with zero attached hydrogens (tertiary/aromatic N) is 1. The molecule has 1 unspecified atom stereocenters. The van der Waals surface area contributed by atoms with Gasteiger partial charge in [0, 0.05) is 13.0 Å². The van der Waals surface area contributed by atoms with E-state index in [4.69, 9.17) is 0 Å². The van der Waals surface area contributed by atoms with Gasteiger partial charge in [-0.2, -0.15) is 0 Å². The number of methoxy groups -OCH3 is 1. The summed E-state index contributed by atoms with van der Waals surface area (Å²) >= 11 is 0. The van der Waals surface area contributed by atoms with Crippen LogP contribution in [-0.4, -0.2) is 48.2 Å². The van der Waals surface area contributed by atoms with Gasteiger partial charge in [-0.05, 0) is 12.3 Å². The van der Waals surface area contributed by atoms with Crippen molar-refractivity contribution in [2.24, 2.45) is 5.92 Å². The van der Waals surface area contributed by atoms with Gasteiger partial charge in [-0.15, -0.1) is 0 Å². The number of amides is 1. The SMILES string of the molecule is CCC(CO)N(CCC(=O)OC)C(=O)CC(C)C. The van der Waals surface area contributed by atoms with Crippen molar-refractivity contribution in [3.8, 4) is 0 Å². The van der Waals surface area contributed by atoms with Crippen molar-refractivity contribution in [2.75, 3.05) is 20.3 Å². The van der Waals surface area contributed by atoms with Crippen molar-refractivity contribution in [1.29, 1.82) is 0 Å². The van der Waals surface area contributed by atoms with Gasteiger partial charge in [0.2, 0.25) is 5.91 Å². The average Bonchev–Trinajstić information content (AvgIpc) is 2.32. The largest absolute Gasteiger partial charge is 0.469 e. The molecule has 0 aromatic carbocycles. The highest BCUT2D eigenvalue weighted by molar-refractivity contribution is 5.77. The maximum absolute atomic E-state index is 12.1.